The average molecular weight is 312 g/mol. The normalized spacial score (nSPS) is 10.7. The molecule has 0 fully saturated rings. The van der Waals surface area contributed by atoms with E-state index in [9.17, 15) is 4.79 Å². The monoisotopic (exact) mass is 312 g/mol. The topological polar surface area (TPSA) is 73.6 Å². The summed E-state index contributed by atoms with van der Waals surface area (Å²) in [7, 11) is 5.01. The van der Waals surface area contributed by atoms with Crippen LogP contribution in [0.2, 0.25) is 0 Å². The number of ether oxygens (including phenoxy) is 2. The molecule has 0 radical (unpaired) electrons. The van der Waals surface area contributed by atoms with Gasteiger partial charge in [-0.15, -0.1) is 0 Å². The number of aryl methyl sites for hydroxylation is 1. The number of hydrogen-bond acceptors (Lipinski definition) is 4. The maximum Gasteiger partial charge on any atom is 0.335 e. The Morgan fingerprint density at radius 3 is 2.35 bits per heavy atom. The number of aromatic nitrogens is 2. The van der Waals surface area contributed by atoms with Crippen molar-refractivity contribution in [3.05, 3.63) is 42.0 Å². The van der Waals surface area contributed by atoms with Crippen LogP contribution >= 0.6 is 0 Å². The van der Waals surface area contributed by atoms with Gasteiger partial charge in [0.05, 0.1) is 30.8 Å². The summed E-state index contributed by atoms with van der Waals surface area (Å²) in [6.07, 6.45) is 0. The van der Waals surface area contributed by atoms with E-state index in [4.69, 9.17) is 14.6 Å². The summed E-state index contributed by atoms with van der Waals surface area (Å²) in [5.41, 5.74) is 2.39. The van der Waals surface area contributed by atoms with Crippen LogP contribution in [0.4, 0.5) is 0 Å². The third-order valence-corrected chi connectivity index (χ3v) is 3.78. The highest BCUT2D eigenvalue weighted by molar-refractivity contribution is 5.93. The molecule has 0 bridgehead atoms. The SMILES string of the molecule is COc1cccc(OC)c1-c1nc2ccc(C(=O)O)cc2n1C. The number of imidazole rings is 1. The Morgan fingerprint density at radius 2 is 1.78 bits per heavy atom. The van der Waals surface area contributed by atoms with E-state index in [1.54, 1.807) is 32.4 Å². The number of methoxy groups -OCH3 is 2. The molecule has 0 spiro atoms. The molecule has 0 amide bonds. The van der Waals surface area contributed by atoms with Crippen LogP contribution in [0.5, 0.6) is 11.5 Å². The van der Waals surface area contributed by atoms with Crippen molar-refractivity contribution in [3.8, 4) is 22.9 Å². The third kappa shape index (κ3) is 2.38. The third-order valence-electron chi connectivity index (χ3n) is 3.78. The fourth-order valence-electron chi connectivity index (χ4n) is 2.62. The fourth-order valence-corrected chi connectivity index (χ4v) is 2.62. The Kier molecular flexibility index (Phi) is 3.65. The molecule has 6 nitrogen and oxygen atoms in total. The minimum atomic E-state index is -0.968. The van der Waals surface area contributed by atoms with Gasteiger partial charge >= 0.3 is 5.97 Å². The second kappa shape index (κ2) is 5.64. The minimum absolute atomic E-state index is 0.221. The number of carbonyl (C=O) groups is 1. The van der Waals surface area contributed by atoms with Gasteiger partial charge in [0.1, 0.15) is 22.9 Å². The lowest BCUT2D eigenvalue weighted by atomic mass is 10.1. The largest absolute Gasteiger partial charge is 0.496 e. The second-order valence-corrected chi connectivity index (χ2v) is 5.04. The summed E-state index contributed by atoms with van der Waals surface area (Å²) in [6, 6.07) is 10.4. The van der Waals surface area contributed by atoms with Crippen LogP contribution in [0.25, 0.3) is 22.4 Å². The number of fused-ring (bicyclic) bond motifs is 1. The molecular weight excluding hydrogens is 296 g/mol. The molecule has 1 heterocycles. The lowest BCUT2D eigenvalue weighted by Gasteiger charge is -2.12. The predicted octanol–water partition coefficient (Wildman–Crippen LogP) is 2.96. The van der Waals surface area contributed by atoms with Crippen molar-refractivity contribution in [2.45, 2.75) is 0 Å². The molecular formula is C17H16N2O4. The van der Waals surface area contributed by atoms with Crippen molar-refractivity contribution >= 4 is 17.0 Å². The Morgan fingerprint density at radius 1 is 1.13 bits per heavy atom. The molecule has 0 aliphatic heterocycles. The number of nitrogens with zero attached hydrogens (tertiary/aromatic N) is 2. The van der Waals surface area contributed by atoms with E-state index in [0.29, 0.717) is 22.8 Å². The smallest absolute Gasteiger partial charge is 0.335 e. The van der Waals surface area contributed by atoms with Crippen molar-refractivity contribution in [1.82, 2.24) is 9.55 Å². The van der Waals surface area contributed by atoms with Crippen LogP contribution in [-0.2, 0) is 7.05 Å². The van der Waals surface area contributed by atoms with Gasteiger partial charge in [0.2, 0.25) is 0 Å². The van der Waals surface area contributed by atoms with Crippen LogP contribution in [-0.4, -0.2) is 34.8 Å². The van der Waals surface area contributed by atoms with E-state index in [1.807, 2.05) is 29.8 Å². The number of hydrogen-bond donors (Lipinski definition) is 1. The van der Waals surface area contributed by atoms with Crippen molar-refractivity contribution in [3.63, 3.8) is 0 Å². The van der Waals surface area contributed by atoms with Crippen LogP contribution in [0.1, 0.15) is 10.4 Å². The first-order valence-corrected chi connectivity index (χ1v) is 6.98. The van der Waals surface area contributed by atoms with Gasteiger partial charge in [-0.1, -0.05) is 6.07 Å². The molecule has 118 valence electrons. The van der Waals surface area contributed by atoms with Crippen LogP contribution < -0.4 is 9.47 Å². The number of aromatic carboxylic acids is 1. The molecule has 0 atom stereocenters. The van der Waals surface area contributed by atoms with Gasteiger partial charge in [0, 0.05) is 7.05 Å². The standard InChI is InChI=1S/C17H16N2O4/c1-19-12-9-10(17(20)21)7-8-11(12)18-16(19)15-13(22-2)5-4-6-14(15)23-3/h4-9H,1-3H3,(H,20,21). The van der Waals surface area contributed by atoms with Crippen LogP contribution in [0.3, 0.4) is 0 Å². The van der Waals surface area contributed by atoms with Crippen LogP contribution in [0, 0.1) is 0 Å². The van der Waals surface area contributed by atoms with E-state index in [0.717, 1.165) is 11.1 Å². The highest BCUT2D eigenvalue weighted by atomic mass is 16.5. The molecule has 23 heavy (non-hydrogen) atoms. The second-order valence-electron chi connectivity index (χ2n) is 5.04. The molecule has 0 aliphatic carbocycles. The lowest BCUT2D eigenvalue weighted by molar-refractivity contribution is 0.0697. The Hall–Kier alpha value is -3.02. The summed E-state index contributed by atoms with van der Waals surface area (Å²) in [4.78, 5) is 15.8. The summed E-state index contributed by atoms with van der Waals surface area (Å²) in [5.74, 6) is 0.962. The molecule has 3 rings (SSSR count). The molecule has 0 saturated carbocycles. The first kappa shape index (κ1) is 14.9. The zero-order chi connectivity index (χ0) is 16.6. The first-order valence-electron chi connectivity index (χ1n) is 6.98. The van der Waals surface area contributed by atoms with Crippen molar-refractivity contribution in [1.29, 1.82) is 0 Å². The van der Waals surface area contributed by atoms with Gasteiger partial charge < -0.3 is 19.1 Å². The highest BCUT2D eigenvalue weighted by Crippen LogP contribution is 2.38. The van der Waals surface area contributed by atoms with E-state index in [2.05, 4.69) is 4.98 Å². The van der Waals surface area contributed by atoms with Gasteiger partial charge in [-0.3, -0.25) is 0 Å². The lowest BCUT2D eigenvalue weighted by Crippen LogP contribution is -1.99. The summed E-state index contributed by atoms with van der Waals surface area (Å²) in [6.45, 7) is 0. The van der Waals surface area contributed by atoms with Crippen molar-refractivity contribution < 1.29 is 19.4 Å². The van der Waals surface area contributed by atoms with E-state index >= 15 is 0 Å². The van der Waals surface area contributed by atoms with Gasteiger partial charge in [-0.2, -0.15) is 0 Å². The molecule has 0 saturated heterocycles. The molecule has 0 aliphatic rings. The molecule has 0 unspecified atom stereocenters. The Bertz CT molecular complexity index is 877. The van der Waals surface area contributed by atoms with Gasteiger partial charge in [-0.25, -0.2) is 9.78 Å². The molecule has 2 aromatic carbocycles. The first-order chi connectivity index (χ1) is 11.1. The van der Waals surface area contributed by atoms with Crippen LogP contribution in [0.15, 0.2) is 36.4 Å². The summed E-state index contributed by atoms with van der Waals surface area (Å²) >= 11 is 0. The zero-order valence-corrected chi connectivity index (χ0v) is 13.0. The van der Waals surface area contributed by atoms with Gasteiger partial charge in [0.15, 0.2) is 0 Å². The number of carboxylic acid groups (broad SMARTS) is 1. The minimum Gasteiger partial charge on any atom is -0.496 e. The summed E-state index contributed by atoms with van der Waals surface area (Å²) in [5, 5.41) is 9.15. The maximum atomic E-state index is 11.2. The Labute approximate surface area is 132 Å². The molecule has 1 aromatic heterocycles. The van der Waals surface area contributed by atoms with E-state index in [-0.39, 0.29) is 5.56 Å². The predicted molar refractivity (Wildman–Crippen MR) is 86.2 cm³/mol. The highest BCUT2D eigenvalue weighted by Gasteiger charge is 2.19. The zero-order valence-electron chi connectivity index (χ0n) is 13.0. The molecule has 1 N–H and O–H groups in total. The number of carboxylic acids is 1. The fraction of sp³-hybridized carbons (Fsp3) is 0.176. The summed E-state index contributed by atoms with van der Waals surface area (Å²) < 4.78 is 12.7. The van der Waals surface area contributed by atoms with E-state index in [1.165, 1.54) is 0 Å². The molecule has 3 aromatic rings. The quantitative estimate of drug-likeness (QED) is 0.802. The van der Waals surface area contributed by atoms with Gasteiger partial charge in [0.25, 0.3) is 0 Å². The number of benzene rings is 2. The van der Waals surface area contributed by atoms with Crippen molar-refractivity contribution in [2.75, 3.05) is 14.2 Å². The van der Waals surface area contributed by atoms with Gasteiger partial charge in [-0.05, 0) is 30.3 Å². The molecule has 6 heteroatoms. The Balaban J connectivity index is 2.29. The average Bonchev–Trinajstić information content (AvgIpc) is 2.90. The van der Waals surface area contributed by atoms with Crippen molar-refractivity contribution in [2.24, 2.45) is 7.05 Å². The maximum absolute atomic E-state index is 11.2. The van der Waals surface area contributed by atoms with E-state index < -0.39 is 5.97 Å². The number of rotatable bonds is 4.